The number of rotatable bonds is 2. The van der Waals surface area contributed by atoms with Gasteiger partial charge in [0.25, 0.3) is 0 Å². The van der Waals surface area contributed by atoms with Crippen LogP contribution in [0.15, 0.2) is 54.6 Å². The Kier molecular flexibility index (Phi) is 3.43. The minimum absolute atomic E-state index is 0.342. The second kappa shape index (κ2) is 5.62. The summed E-state index contributed by atoms with van der Waals surface area (Å²) in [6.07, 6.45) is 2.64. The average molecular weight is 338 g/mol. The number of benzene rings is 2. The van der Waals surface area contributed by atoms with Crippen LogP contribution < -0.4 is 4.74 Å². The van der Waals surface area contributed by atoms with Crippen molar-refractivity contribution in [2.75, 3.05) is 0 Å². The smallest absolute Gasteiger partial charge is 0.328 e. The van der Waals surface area contributed by atoms with Gasteiger partial charge in [0, 0.05) is 32.5 Å². The first-order valence-electron chi connectivity index (χ1n) is 7.24. The van der Waals surface area contributed by atoms with E-state index in [1.54, 1.807) is 12.1 Å². The van der Waals surface area contributed by atoms with Gasteiger partial charge in [0.1, 0.15) is 17.3 Å². The molecular weight excluding hydrogens is 327 g/mol. The quantitative estimate of drug-likeness (QED) is 0.496. The van der Waals surface area contributed by atoms with Crippen molar-refractivity contribution in [2.24, 2.45) is 0 Å². The molecule has 1 aliphatic heterocycles. The number of carbonyl (C=O) groups is 1. The molecule has 2 aromatic carbocycles. The van der Waals surface area contributed by atoms with E-state index in [1.165, 1.54) is 23.5 Å². The highest BCUT2D eigenvalue weighted by Crippen LogP contribution is 2.50. The Hall–Kier alpha value is -2.92. The van der Waals surface area contributed by atoms with Gasteiger partial charge in [-0.15, -0.1) is 11.3 Å². The van der Waals surface area contributed by atoms with Gasteiger partial charge in [0.2, 0.25) is 0 Å². The van der Waals surface area contributed by atoms with Crippen molar-refractivity contribution < 1.29 is 19.0 Å². The van der Waals surface area contributed by atoms with E-state index in [1.807, 2.05) is 30.3 Å². The zero-order chi connectivity index (χ0) is 16.7. The molecule has 24 heavy (non-hydrogen) atoms. The third-order valence-electron chi connectivity index (χ3n) is 3.72. The molecule has 118 valence electrons. The lowest BCUT2D eigenvalue weighted by Crippen LogP contribution is -1.87. The summed E-state index contributed by atoms with van der Waals surface area (Å²) in [7, 11) is 0. The van der Waals surface area contributed by atoms with Crippen LogP contribution in [0.25, 0.3) is 27.6 Å². The SMILES string of the molecule is O=C(O)C=Cc1cc2c(s1)-c1cc(F)ccc1Oc1ccccc1-2. The maximum Gasteiger partial charge on any atom is 0.328 e. The largest absolute Gasteiger partial charge is 0.478 e. The summed E-state index contributed by atoms with van der Waals surface area (Å²) < 4.78 is 19.7. The maximum absolute atomic E-state index is 13.8. The molecule has 0 saturated carbocycles. The molecule has 0 bridgehead atoms. The molecule has 0 amide bonds. The predicted octanol–water partition coefficient (Wildman–Crippen LogP) is 5.42. The molecule has 0 saturated heterocycles. The van der Waals surface area contributed by atoms with Crippen molar-refractivity contribution in [2.45, 2.75) is 0 Å². The van der Waals surface area contributed by atoms with Gasteiger partial charge in [-0.25, -0.2) is 9.18 Å². The Balaban J connectivity index is 1.99. The van der Waals surface area contributed by atoms with Gasteiger partial charge in [-0.05, 0) is 36.4 Å². The van der Waals surface area contributed by atoms with E-state index in [0.29, 0.717) is 17.1 Å². The fourth-order valence-corrected chi connectivity index (χ4v) is 3.81. The number of carboxylic acids is 1. The number of hydrogen-bond donors (Lipinski definition) is 1. The van der Waals surface area contributed by atoms with E-state index in [2.05, 4.69) is 0 Å². The second-order valence-electron chi connectivity index (χ2n) is 5.30. The normalized spacial score (nSPS) is 12.0. The summed E-state index contributed by atoms with van der Waals surface area (Å²) in [5.41, 5.74) is 2.47. The molecule has 3 nitrogen and oxygen atoms in total. The van der Waals surface area contributed by atoms with E-state index in [4.69, 9.17) is 9.84 Å². The van der Waals surface area contributed by atoms with Crippen LogP contribution in [0.5, 0.6) is 11.5 Å². The molecule has 2 heterocycles. The number of ether oxygens (including phenoxy) is 1. The molecule has 0 aliphatic carbocycles. The maximum atomic E-state index is 13.8. The minimum Gasteiger partial charge on any atom is -0.478 e. The number of para-hydroxylation sites is 1. The van der Waals surface area contributed by atoms with E-state index in [0.717, 1.165) is 27.0 Å². The molecule has 0 spiro atoms. The number of aliphatic carboxylic acids is 1. The summed E-state index contributed by atoms with van der Waals surface area (Å²) in [5.74, 6) is -0.0760. The van der Waals surface area contributed by atoms with Crippen LogP contribution in [0.1, 0.15) is 4.88 Å². The van der Waals surface area contributed by atoms with E-state index in [-0.39, 0.29) is 5.82 Å². The molecule has 0 unspecified atom stereocenters. The van der Waals surface area contributed by atoms with Crippen LogP contribution in [0, 0.1) is 5.82 Å². The third kappa shape index (κ3) is 2.49. The zero-order valence-corrected chi connectivity index (χ0v) is 13.1. The number of carboxylic acid groups (broad SMARTS) is 1. The van der Waals surface area contributed by atoms with Crippen molar-refractivity contribution in [1.82, 2.24) is 0 Å². The van der Waals surface area contributed by atoms with Gasteiger partial charge in [-0.2, -0.15) is 0 Å². The Labute approximate surface area is 141 Å². The lowest BCUT2D eigenvalue weighted by atomic mass is 10.0. The monoisotopic (exact) mass is 338 g/mol. The van der Waals surface area contributed by atoms with Gasteiger partial charge in [-0.1, -0.05) is 18.2 Å². The number of halogens is 1. The summed E-state index contributed by atoms with van der Waals surface area (Å²) >= 11 is 1.41. The Morgan fingerprint density at radius 3 is 2.67 bits per heavy atom. The Bertz CT molecular complexity index is 988. The summed E-state index contributed by atoms with van der Waals surface area (Å²) in [5, 5.41) is 8.82. The molecule has 1 N–H and O–H groups in total. The van der Waals surface area contributed by atoms with E-state index in [9.17, 15) is 9.18 Å². The molecular formula is C19H11FO3S. The number of hydrogen-bond acceptors (Lipinski definition) is 3. The van der Waals surface area contributed by atoms with Crippen molar-refractivity contribution in [1.29, 1.82) is 0 Å². The van der Waals surface area contributed by atoms with Crippen LogP contribution in [-0.2, 0) is 4.79 Å². The highest BCUT2D eigenvalue weighted by molar-refractivity contribution is 7.17. The summed E-state index contributed by atoms with van der Waals surface area (Å²) in [4.78, 5) is 12.4. The molecule has 4 rings (SSSR count). The highest BCUT2D eigenvalue weighted by Gasteiger charge is 2.23. The van der Waals surface area contributed by atoms with Gasteiger partial charge >= 0.3 is 5.97 Å². The molecule has 0 radical (unpaired) electrons. The molecule has 0 atom stereocenters. The average Bonchev–Trinajstić information content (AvgIpc) is 2.94. The summed E-state index contributed by atoms with van der Waals surface area (Å²) in [6, 6.07) is 13.9. The topological polar surface area (TPSA) is 46.5 Å². The molecule has 1 aromatic heterocycles. The van der Waals surface area contributed by atoms with E-state index >= 15 is 0 Å². The Morgan fingerprint density at radius 1 is 1.04 bits per heavy atom. The first-order chi connectivity index (χ1) is 11.6. The van der Waals surface area contributed by atoms with Crippen molar-refractivity contribution >= 4 is 23.4 Å². The Morgan fingerprint density at radius 2 is 1.83 bits per heavy atom. The first kappa shape index (κ1) is 14.7. The van der Waals surface area contributed by atoms with Crippen LogP contribution in [-0.4, -0.2) is 11.1 Å². The highest BCUT2D eigenvalue weighted by atomic mass is 32.1. The van der Waals surface area contributed by atoms with Crippen molar-refractivity contribution in [3.05, 3.63) is 65.3 Å². The van der Waals surface area contributed by atoms with Gasteiger partial charge in [0.15, 0.2) is 0 Å². The van der Waals surface area contributed by atoms with Crippen molar-refractivity contribution in [3.63, 3.8) is 0 Å². The lowest BCUT2D eigenvalue weighted by molar-refractivity contribution is -0.131. The predicted molar refractivity (Wildman–Crippen MR) is 91.9 cm³/mol. The van der Waals surface area contributed by atoms with Crippen LogP contribution in [0.3, 0.4) is 0 Å². The standard InChI is InChI=1S/C19H11FO3S/c20-11-5-7-17-15(9-11)19-14(10-12(24-19)6-8-18(21)22)13-3-1-2-4-16(13)23-17/h1-10H,(H,21,22). The minimum atomic E-state index is -1.01. The number of fused-ring (bicyclic) bond motifs is 5. The van der Waals surface area contributed by atoms with Crippen LogP contribution >= 0.6 is 11.3 Å². The molecule has 5 heteroatoms. The van der Waals surface area contributed by atoms with Gasteiger partial charge in [-0.3, -0.25) is 0 Å². The van der Waals surface area contributed by atoms with E-state index < -0.39 is 5.97 Å². The van der Waals surface area contributed by atoms with Crippen LogP contribution in [0.4, 0.5) is 4.39 Å². The zero-order valence-electron chi connectivity index (χ0n) is 12.3. The fourth-order valence-electron chi connectivity index (χ4n) is 2.71. The molecule has 1 aliphatic rings. The molecule has 3 aromatic rings. The first-order valence-corrected chi connectivity index (χ1v) is 8.05. The van der Waals surface area contributed by atoms with Crippen molar-refractivity contribution in [3.8, 4) is 33.1 Å². The molecule has 0 fully saturated rings. The van der Waals surface area contributed by atoms with Crippen LogP contribution in [0.2, 0.25) is 0 Å². The lowest BCUT2D eigenvalue weighted by Gasteiger charge is -2.08. The second-order valence-corrected chi connectivity index (χ2v) is 6.39. The van der Waals surface area contributed by atoms with Gasteiger partial charge in [0.05, 0.1) is 0 Å². The number of thiophene rings is 1. The fraction of sp³-hybridized carbons (Fsp3) is 0. The third-order valence-corrected chi connectivity index (χ3v) is 4.86. The van der Waals surface area contributed by atoms with Gasteiger partial charge < -0.3 is 9.84 Å². The summed E-state index contributed by atoms with van der Waals surface area (Å²) in [6.45, 7) is 0.